The van der Waals surface area contributed by atoms with E-state index >= 15 is 0 Å². The molecule has 1 fully saturated rings. The van der Waals surface area contributed by atoms with E-state index in [-0.39, 0.29) is 23.5 Å². The van der Waals surface area contributed by atoms with Crippen molar-refractivity contribution in [3.05, 3.63) is 12.5 Å². The van der Waals surface area contributed by atoms with Crippen LogP contribution < -0.4 is 5.73 Å². The van der Waals surface area contributed by atoms with Crippen LogP contribution in [0.5, 0.6) is 0 Å². The van der Waals surface area contributed by atoms with Crippen molar-refractivity contribution in [1.82, 2.24) is 13.9 Å². The van der Waals surface area contributed by atoms with Crippen LogP contribution in [0.25, 0.3) is 0 Å². The number of aromatic nitrogens is 2. The summed E-state index contributed by atoms with van der Waals surface area (Å²) in [6.07, 6.45) is 4.63. The van der Waals surface area contributed by atoms with Crippen LogP contribution in [-0.4, -0.2) is 41.4 Å². The van der Waals surface area contributed by atoms with Crippen LogP contribution in [0.1, 0.15) is 26.7 Å². The number of rotatable bonds is 4. The summed E-state index contributed by atoms with van der Waals surface area (Å²) >= 11 is 0. The zero-order valence-corrected chi connectivity index (χ0v) is 13.5. The van der Waals surface area contributed by atoms with E-state index in [1.165, 1.54) is 4.31 Å². The standard InChI is InChI=1S/C12H22N4O2S.ClH/c1-10(2)7-15-8-12(14-9-15)19(17,18)16-5-3-11(13)4-6-16;/h8-11H,3-7,13H2,1-2H3;1H. The number of imidazole rings is 1. The lowest BCUT2D eigenvalue weighted by atomic mass is 10.1. The molecule has 0 bridgehead atoms. The first-order valence-corrected chi connectivity index (χ1v) is 8.11. The summed E-state index contributed by atoms with van der Waals surface area (Å²) in [5, 5.41) is 0.142. The molecule has 0 atom stereocenters. The third-order valence-corrected chi connectivity index (χ3v) is 5.07. The Hall–Kier alpha value is -0.630. The molecule has 0 radical (unpaired) electrons. The molecule has 1 saturated heterocycles. The molecule has 8 heteroatoms. The predicted molar refractivity (Wildman–Crippen MR) is 80.3 cm³/mol. The summed E-state index contributed by atoms with van der Waals surface area (Å²) in [5.41, 5.74) is 5.80. The van der Waals surface area contributed by atoms with Gasteiger partial charge in [0.25, 0.3) is 10.0 Å². The molecule has 2 rings (SSSR count). The van der Waals surface area contributed by atoms with E-state index in [0.29, 0.717) is 31.8 Å². The van der Waals surface area contributed by atoms with Crippen LogP contribution in [0.3, 0.4) is 0 Å². The molecule has 0 saturated carbocycles. The zero-order valence-electron chi connectivity index (χ0n) is 11.9. The van der Waals surface area contributed by atoms with Gasteiger partial charge in [0.15, 0.2) is 5.03 Å². The molecule has 0 unspecified atom stereocenters. The van der Waals surface area contributed by atoms with Gasteiger partial charge in [0.05, 0.1) is 6.33 Å². The Kier molecular flexibility index (Phi) is 6.00. The molecule has 0 amide bonds. The minimum atomic E-state index is -3.45. The molecule has 116 valence electrons. The number of nitrogens with zero attached hydrogens (tertiary/aromatic N) is 3. The van der Waals surface area contributed by atoms with Crippen molar-refractivity contribution in [3.8, 4) is 0 Å². The maximum absolute atomic E-state index is 12.4. The fourth-order valence-corrected chi connectivity index (χ4v) is 3.65. The third-order valence-electron chi connectivity index (χ3n) is 3.29. The Morgan fingerprint density at radius 1 is 1.40 bits per heavy atom. The first-order valence-electron chi connectivity index (χ1n) is 6.67. The summed E-state index contributed by atoms with van der Waals surface area (Å²) in [5.74, 6) is 0.456. The second kappa shape index (κ2) is 6.89. The van der Waals surface area contributed by atoms with Gasteiger partial charge >= 0.3 is 0 Å². The minimum Gasteiger partial charge on any atom is -0.336 e. The fraction of sp³-hybridized carbons (Fsp3) is 0.750. The smallest absolute Gasteiger partial charge is 0.262 e. The highest BCUT2D eigenvalue weighted by atomic mass is 35.5. The van der Waals surface area contributed by atoms with E-state index in [1.807, 2.05) is 4.57 Å². The lowest BCUT2D eigenvalue weighted by molar-refractivity contribution is 0.319. The predicted octanol–water partition coefficient (Wildman–Crippen LogP) is 1.07. The fourth-order valence-electron chi connectivity index (χ4n) is 2.24. The maximum Gasteiger partial charge on any atom is 0.262 e. The van der Waals surface area contributed by atoms with E-state index in [4.69, 9.17) is 5.73 Å². The Morgan fingerprint density at radius 2 is 2.00 bits per heavy atom. The molecule has 1 aliphatic rings. The normalized spacial score (nSPS) is 18.2. The van der Waals surface area contributed by atoms with Crippen LogP contribution in [0.4, 0.5) is 0 Å². The van der Waals surface area contributed by atoms with E-state index < -0.39 is 10.0 Å². The number of hydrogen-bond acceptors (Lipinski definition) is 4. The lowest BCUT2D eigenvalue weighted by Gasteiger charge is -2.28. The Balaban J connectivity index is 0.00000200. The molecule has 0 aliphatic carbocycles. The van der Waals surface area contributed by atoms with Crippen LogP contribution in [0.15, 0.2) is 17.6 Å². The van der Waals surface area contributed by atoms with E-state index in [9.17, 15) is 8.42 Å². The van der Waals surface area contributed by atoms with Gasteiger partial charge in [-0.3, -0.25) is 0 Å². The molecule has 20 heavy (non-hydrogen) atoms. The number of piperidine rings is 1. The SMILES string of the molecule is CC(C)Cn1cnc(S(=O)(=O)N2CCC(N)CC2)c1.Cl. The van der Waals surface area contributed by atoms with Crippen molar-refractivity contribution in [2.24, 2.45) is 11.7 Å². The summed E-state index contributed by atoms with van der Waals surface area (Å²) in [6, 6.07) is 0.116. The monoisotopic (exact) mass is 322 g/mol. The van der Waals surface area contributed by atoms with Gasteiger partial charge in [0.2, 0.25) is 0 Å². The van der Waals surface area contributed by atoms with Crippen molar-refractivity contribution >= 4 is 22.4 Å². The van der Waals surface area contributed by atoms with Crippen molar-refractivity contribution in [2.75, 3.05) is 13.1 Å². The average molecular weight is 323 g/mol. The molecule has 1 aromatic heterocycles. The Morgan fingerprint density at radius 3 is 2.55 bits per heavy atom. The minimum absolute atomic E-state index is 0. The highest BCUT2D eigenvalue weighted by molar-refractivity contribution is 7.89. The molecule has 1 aromatic rings. The quantitative estimate of drug-likeness (QED) is 0.899. The molecule has 2 heterocycles. The van der Waals surface area contributed by atoms with Gasteiger partial charge in [-0.2, -0.15) is 4.31 Å². The molecule has 0 aromatic carbocycles. The van der Waals surface area contributed by atoms with Crippen LogP contribution in [0, 0.1) is 5.92 Å². The summed E-state index contributed by atoms with van der Waals surface area (Å²) in [7, 11) is -3.45. The zero-order chi connectivity index (χ0) is 14.0. The van der Waals surface area contributed by atoms with Crippen molar-refractivity contribution < 1.29 is 8.42 Å². The molecule has 6 nitrogen and oxygen atoms in total. The third kappa shape index (κ3) is 3.94. The van der Waals surface area contributed by atoms with E-state index in [2.05, 4.69) is 18.8 Å². The number of hydrogen-bond donors (Lipinski definition) is 1. The van der Waals surface area contributed by atoms with Crippen molar-refractivity contribution in [1.29, 1.82) is 0 Å². The van der Waals surface area contributed by atoms with E-state index in [1.54, 1.807) is 12.5 Å². The Bertz CT molecular complexity index is 521. The van der Waals surface area contributed by atoms with Gasteiger partial charge in [0, 0.05) is 31.9 Å². The first-order chi connectivity index (χ1) is 8.89. The van der Waals surface area contributed by atoms with Gasteiger partial charge in [-0.15, -0.1) is 12.4 Å². The molecule has 1 aliphatic heterocycles. The van der Waals surface area contributed by atoms with Crippen LogP contribution >= 0.6 is 12.4 Å². The van der Waals surface area contributed by atoms with Crippen LogP contribution in [0.2, 0.25) is 0 Å². The van der Waals surface area contributed by atoms with Gasteiger partial charge in [0.1, 0.15) is 0 Å². The highest BCUT2D eigenvalue weighted by Gasteiger charge is 2.29. The average Bonchev–Trinajstić information content (AvgIpc) is 2.78. The first kappa shape index (κ1) is 17.4. The van der Waals surface area contributed by atoms with Gasteiger partial charge in [-0.05, 0) is 18.8 Å². The molecular formula is C12H23ClN4O2S. The molecular weight excluding hydrogens is 300 g/mol. The Labute approximate surface area is 126 Å². The van der Waals surface area contributed by atoms with Gasteiger partial charge < -0.3 is 10.3 Å². The highest BCUT2D eigenvalue weighted by Crippen LogP contribution is 2.19. The summed E-state index contributed by atoms with van der Waals surface area (Å²) < 4.78 is 28.1. The number of halogens is 1. The lowest BCUT2D eigenvalue weighted by Crippen LogP contribution is -2.42. The topological polar surface area (TPSA) is 81.2 Å². The molecule has 0 spiro atoms. The largest absolute Gasteiger partial charge is 0.336 e. The van der Waals surface area contributed by atoms with Gasteiger partial charge in [-0.25, -0.2) is 13.4 Å². The van der Waals surface area contributed by atoms with Crippen molar-refractivity contribution in [3.63, 3.8) is 0 Å². The number of nitrogens with two attached hydrogens (primary N) is 1. The maximum atomic E-state index is 12.4. The summed E-state index contributed by atoms with van der Waals surface area (Å²) in [6.45, 7) is 5.91. The van der Waals surface area contributed by atoms with Gasteiger partial charge in [-0.1, -0.05) is 13.8 Å². The molecule has 2 N–H and O–H groups in total. The van der Waals surface area contributed by atoms with Crippen molar-refractivity contribution in [2.45, 2.75) is 44.3 Å². The number of sulfonamides is 1. The van der Waals surface area contributed by atoms with Crippen LogP contribution in [-0.2, 0) is 16.6 Å². The summed E-state index contributed by atoms with van der Waals surface area (Å²) in [4.78, 5) is 4.04. The second-order valence-corrected chi connectivity index (χ2v) is 7.43. The van der Waals surface area contributed by atoms with E-state index in [0.717, 1.165) is 6.54 Å². The second-order valence-electron chi connectivity index (χ2n) is 5.54.